The lowest BCUT2D eigenvalue weighted by molar-refractivity contribution is 0.449. The van der Waals surface area contributed by atoms with Crippen LogP contribution in [0.4, 0.5) is 0 Å². The highest BCUT2D eigenvalue weighted by Crippen LogP contribution is 2.51. The van der Waals surface area contributed by atoms with E-state index < -0.39 is 0 Å². The minimum absolute atomic E-state index is 0.116. The lowest BCUT2D eigenvalue weighted by Crippen LogP contribution is -2.03. The van der Waals surface area contributed by atoms with Crippen molar-refractivity contribution < 1.29 is 0 Å². The van der Waals surface area contributed by atoms with E-state index in [4.69, 9.17) is 13.1 Å². The smallest absolute Gasteiger partial charge is 0.227 e. The molecule has 0 aromatic carbocycles. The quantitative estimate of drug-likeness (QED) is 0.0680. The first-order valence-electron chi connectivity index (χ1n) is 18.7. The molecule has 2 atom stereocenters. The summed E-state index contributed by atoms with van der Waals surface area (Å²) in [6.45, 7) is 23.9. The fourth-order valence-electron chi connectivity index (χ4n) is 6.84. The summed E-state index contributed by atoms with van der Waals surface area (Å²) in [6.07, 6.45) is 15.1. The first-order valence-corrected chi connectivity index (χ1v) is 23.5. The number of nitrogens with zero attached hydrogens (tertiary/aromatic N) is 4. The van der Waals surface area contributed by atoms with E-state index in [9.17, 15) is 10.5 Å². The number of fused-ring (bicyclic) bond motifs is 2. The second-order valence-electron chi connectivity index (χ2n) is 13.6. The molecule has 6 aromatic heterocycles. The maximum Gasteiger partial charge on any atom is 0.263 e. The predicted octanol–water partition coefficient (Wildman–Crippen LogP) is 16.4. The maximum absolute atomic E-state index is 9.53. The normalized spacial score (nSPS) is 13.2. The van der Waals surface area contributed by atoms with Gasteiger partial charge in [-0.15, -0.1) is 68.0 Å². The van der Waals surface area contributed by atoms with Gasteiger partial charge in [-0.25, -0.2) is 20.2 Å². The molecule has 6 heterocycles. The summed E-state index contributed by atoms with van der Waals surface area (Å²) in [5, 5.41) is 18.8. The van der Waals surface area contributed by atoms with Crippen LogP contribution in [-0.2, 0) is 12.8 Å². The molecule has 0 bridgehead atoms. The third kappa shape index (κ3) is 8.99. The van der Waals surface area contributed by atoms with E-state index in [1.54, 1.807) is 34.8 Å². The van der Waals surface area contributed by atoms with E-state index in [1.807, 2.05) is 57.5 Å². The predicted molar refractivity (Wildman–Crippen MR) is 239 cm³/mol. The molecule has 6 aromatic rings. The van der Waals surface area contributed by atoms with Crippen LogP contribution < -0.4 is 0 Å². The molecule has 0 saturated carbocycles. The van der Waals surface area contributed by atoms with Gasteiger partial charge in [-0.3, -0.25) is 0 Å². The summed E-state index contributed by atoms with van der Waals surface area (Å²) >= 11 is 10.9. The molecule has 0 N–H and O–H groups in total. The van der Waals surface area contributed by atoms with Gasteiger partial charge in [0.2, 0.25) is 0 Å². The molecule has 0 aliphatic carbocycles. The van der Waals surface area contributed by atoms with Crippen molar-refractivity contribution in [2.45, 2.75) is 91.9 Å². The molecule has 0 aliphatic heterocycles. The van der Waals surface area contributed by atoms with Crippen LogP contribution in [0.3, 0.4) is 0 Å². The number of hydrogen-bond donors (Lipinski definition) is 0. The fourth-order valence-corrected chi connectivity index (χ4v) is 14.3. The molecular formula is C44H42N4S6. The molecule has 2 unspecified atom stereocenters. The zero-order chi connectivity index (χ0) is 38.2. The van der Waals surface area contributed by atoms with Gasteiger partial charge in [0, 0.05) is 57.8 Å². The van der Waals surface area contributed by atoms with Crippen LogP contribution in [0.15, 0.2) is 47.8 Å². The second-order valence-corrected chi connectivity index (χ2v) is 20.1. The Morgan fingerprint density at radius 3 is 1.83 bits per heavy atom. The highest BCUT2D eigenvalue weighted by molar-refractivity contribution is 7.36. The Morgan fingerprint density at radius 1 is 0.667 bits per heavy atom. The van der Waals surface area contributed by atoms with Crippen molar-refractivity contribution in [2.75, 3.05) is 0 Å². The summed E-state index contributed by atoms with van der Waals surface area (Å²) in [6, 6.07) is 17.7. The first kappa shape index (κ1) is 39.8. The molecule has 0 amide bonds. The van der Waals surface area contributed by atoms with Gasteiger partial charge in [0.25, 0.3) is 11.4 Å². The highest BCUT2D eigenvalue weighted by Gasteiger charge is 2.23. The van der Waals surface area contributed by atoms with E-state index in [2.05, 4.69) is 73.8 Å². The Labute approximate surface area is 343 Å². The van der Waals surface area contributed by atoms with E-state index in [1.165, 1.54) is 97.7 Å². The van der Waals surface area contributed by atoms with Gasteiger partial charge in [-0.2, -0.15) is 0 Å². The molecule has 274 valence electrons. The zero-order valence-corrected chi connectivity index (χ0v) is 36.0. The van der Waals surface area contributed by atoms with Crippen LogP contribution >= 0.6 is 68.0 Å². The van der Waals surface area contributed by atoms with Crippen LogP contribution in [0.5, 0.6) is 0 Å². The molecule has 0 spiro atoms. The van der Waals surface area contributed by atoms with Gasteiger partial charge < -0.3 is 0 Å². The number of nitriles is 2. The lowest BCUT2D eigenvalue weighted by Gasteiger charge is -2.15. The summed E-state index contributed by atoms with van der Waals surface area (Å²) < 4.78 is 5.32. The van der Waals surface area contributed by atoms with Crippen molar-refractivity contribution in [2.24, 2.45) is 11.8 Å². The minimum Gasteiger partial charge on any atom is -0.227 e. The van der Waals surface area contributed by atoms with Crippen LogP contribution in [0, 0.1) is 47.6 Å². The first-order chi connectivity index (χ1) is 26.3. The molecule has 0 radical (unpaired) electrons. The number of unbranched alkanes of at least 4 members (excludes halogenated alkanes) is 2. The molecule has 54 heavy (non-hydrogen) atoms. The van der Waals surface area contributed by atoms with Crippen molar-refractivity contribution >= 4 is 99.0 Å². The van der Waals surface area contributed by atoms with Crippen molar-refractivity contribution in [1.29, 1.82) is 10.5 Å². The molecule has 4 nitrogen and oxygen atoms in total. The summed E-state index contributed by atoms with van der Waals surface area (Å²) in [7, 11) is 0. The molecule has 0 aliphatic rings. The largest absolute Gasteiger partial charge is 0.263 e. The van der Waals surface area contributed by atoms with E-state index in [-0.39, 0.29) is 11.4 Å². The number of hydrogen-bond acceptors (Lipinski definition) is 8. The number of thiophene rings is 6. The van der Waals surface area contributed by atoms with Crippen LogP contribution in [0.2, 0.25) is 0 Å². The van der Waals surface area contributed by atoms with Gasteiger partial charge in [0.1, 0.15) is 0 Å². The number of rotatable bonds is 17. The van der Waals surface area contributed by atoms with Crippen LogP contribution in [-0.4, -0.2) is 0 Å². The monoisotopic (exact) mass is 818 g/mol. The Kier molecular flexibility index (Phi) is 13.8. The zero-order valence-electron chi connectivity index (χ0n) is 31.1. The Balaban J connectivity index is 1.33. The summed E-state index contributed by atoms with van der Waals surface area (Å²) in [5.74, 6) is 1.23. The Bertz CT molecular complexity index is 2410. The SMILES string of the molecule is [C-]#[N+]/C(C#N)=C\c1ccc(-c2sc3cc(-c4cc5sc(-c6cc(CC(CC)CCCC)c(/C=C(\C#N)[N+]#[C-])s6)cc5s4)sc3c2CC(CC)CCCC)s1. The molecule has 0 saturated heterocycles. The van der Waals surface area contributed by atoms with Crippen LogP contribution in [0.1, 0.15) is 99.9 Å². The average molecular weight is 819 g/mol. The Morgan fingerprint density at radius 2 is 1.24 bits per heavy atom. The lowest BCUT2D eigenvalue weighted by atomic mass is 9.92. The maximum atomic E-state index is 9.53. The fraction of sp³-hybridized carbons (Fsp3) is 0.364. The molecule has 6 rings (SSSR count). The van der Waals surface area contributed by atoms with Crippen molar-refractivity contribution in [3.8, 4) is 41.4 Å². The molecule has 0 fully saturated rings. The van der Waals surface area contributed by atoms with Gasteiger partial charge in [0.15, 0.2) is 0 Å². The van der Waals surface area contributed by atoms with Crippen molar-refractivity contribution in [3.05, 3.63) is 91.5 Å². The molecule has 10 heteroatoms. The van der Waals surface area contributed by atoms with E-state index in [0.717, 1.165) is 35.4 Å². The summed E-state index contributed by atoms with van der Waals surface area (Å²) in [4.78, 5) is 16.4. The Hall–Kier alpha value is -3.84. The van der Waals surface area contributed by atoms with E-state index in [0.29, 0.717) is 11.8 Å². The minimum atomic E-state index is 0.116. The van der Waals surface area contributed by atoms with Crippen molar-refractivity contribution in [1.82, 2.24) is 0 Å². The second kappa shape index (κ2) is 18.7. The third-order valence-electron chi connectivity index (χ3n) is 9.95. The standard InChI is InChI=1S/C44H42N4S6/c1-7-11-13-27(9-3)17-29-19-36(50-35(29)21-31(26-46)48-6)37-22-38-39(51-37)23-40(52-38)41-24-42-44(53-41)33(18-28(10-4)14-12-8-2)43(54-42)34-16-15-32(49-34)20-30(25-45)47-5/h15-16,19-24,27-28H,7-14,17-18H2,1-4H3/b30-20-,31-21+. The average Bonchev–Trinajstić information content (AvgIpc) is 4.04. The number of allylic oxidation sites excluding steroid dienone is 2. The topological polar surface area (TPSA) is 56.3 Å². The van der Waals surface area contributed by atoms with E-state index >= 15 is 0 Å². The van der Waals surface area contributed by atoms with Gasteiger partial charge in [-0.1, -0.05) is 79.1 Å². The van der Waals surface area contributed by atoms with Crippen molar-refractivity contribution in [3.63, 3.8) is 0 Å². The third-order valence-corrected chi connectivity index (χ3v) is 17.5. The van der Waals surface area contributed by atoms with Gasteiger partial charge in [0.05, 0.1) is 25.3 Å². The van der Waals surface area contributed by atoms with Gasteiger partial charge >= 0.3 is 0 Å². The molecular weight excluding hydrogens is 777 g/mol. The van der Waals surface area contributed by atoms with Crippen LogP contribution in [0.25, 0.3) is 69.9 Å². The van der Waals surface area contributed by atoms with Gasteiger partial charge in [-0.05, 0) is 84.4 Å². The highest BCUT2D eigenvalue weighted by atomic mass is 32.1. The summed E-state index contributed by atoms with van der Waals surface area (Å²) in [5.41, 5.74) is 2.97.